The molecule has 0 unspecified atom stereocenters. The van der Waals surface area contributed by atoms with E-state index in [1.807, 2.05) is 26.0 Å². The average Bonchev–Trinajstić information content (AvgIpc) is 3.30. The van der Waals surface area contributed by atoms with E-state index in [2.05, 4.69) is 31.3 Å². The standard InChI is InChI=1S/C21H27NO3/c1-5-6-19(17-9-10-21(23)22-15(17)4)25-16-8-7-14(3)24-20-12-18(20)13(2)11-16/h6-8,11,18,20H,5,9-10,12H2,1-4H3,(H,22,23)/b13-11+,14-7+,16-8+,19-6+/t18-,20-/m1/s1. The van der Waals surface area contributed by atoms with Gasteiger partial charge in [0.15, 0.2) is 0 Å². The molecule has 0 radical (unpaired) electrons. The van der Waals surface area contributed by atoms with Gasteiger partial charge in [-0.2, -0.15) is 0 Å². The van der Waals surface area contributed by atoms with Crippen molar-refractivity contribution < 1.29 is 14.3 Å². The van der Waals surface area contributed by atoms with E-state index in [4.69, 9.17) is 9.47 Å². The lowest BCUT2D eigenvalue weighted by Crippen LogP contribution is -2.27. The Morgan fingerprint density at radius 1 is 1.32 bits per heavy atom. The molecule has 1 amide bonds. The second-order valence-corrected chi connectivity index (χ2v) is 6.96. The minimum Gasteiger partial charge on any atom is -0.494 e. The van der Waals surface area contributed by atoms with Gasteiger partial charge in [0.1, 0.15) is 17.6 Å². The molecule has 2 aliphatic heterocycles. The zero-order chi connectivity index (χ0) is 18.0. The number of nitrogens with one attached hydrogen (secondary N) is 1. The summed E-state index contributed by atoms with van der Waals surface area (Å²) < 4.78 is 12.2. The molecule has 0 spiro atoms. The Balaban J connectivity index is 1.88. The maximum atomic E-state index is 11.6. The average molecular weight is 341 g/mol. The Labute approximate surface area is 150 Å². The van der Waals surface area contributed by atoms with Crippen molar-refractivity contribution in [1.29, 1.82) is 0 Å². The maximum absolute atomic E-state index is 11.6. The summed E-state index contributed by atoms with van der Waals surface area (Å²) in [6.07, 6.45) is 11.6. The number of fused-ring (bicyclic) bond motifs is 1. The highest BCUT2D eigenvalue weighted by Crippen LogP contribution is 2.42. The molecule has 3 rings (SSSR count). The highest BCUT2D eigenvalue weighted by molar-refractivity contribution is 5.80. The lowest BCUT2D eigenvalue weighted by molar-refractivity contribution is -0.120. The summed E-state index contributed by atoms with van der Waals surface area (Å²) in [6.45, 7) is 8.15. The number of amides is 1. The van der Waals surface area contributed by atoms with Gasteiger partial charge in [-0.25, -0.2) is 0 Å². The summed E-state index contributed by atoms with van der Waals surface area (Å²) >= 11 is 0. The van der Waals surface area contributed by atoms with Crippen molar-refractivity contribution in [1.82, 2.24) is 5.32 Å². The van der Waals surface area contributed by atoms with E-state index in [9.17, 15) is 4.79 Å². The van der Waals surface area contributed by atoms with Crippen molar-refractivity contribution in [2.75, 3.05) is 0 Å². The summed E-state index contributed by atoms with van der Waals surface area (Å²) in [4.78, 5) is 11.6. The van der Waals surface area contributed by atoms with Crippen LogP contribution in [-0.2, 0) is 14.3 Å². The summed E-state index contributed by atoms with van der Waals surface area (Å²) in [5.41, 5.74) is 3.25. The van der Waals surface area contributed by atoms with Crippen LogP contribution in [0.5, 0.6) is 0 Å². The fourth-order valence-electron chi connectivity index (χ4n) is 3.32. The van der Waals surface area contributed by atoms with Crippen molar-refractivity contribution >= 4 is 5.91 Å². The van der Waals surface area contributed by atoms with Gasteiger partial charge in [-0.1, -0.05) is 12.5 Å². The first-order valence-electron chi connectivity index (χ1n) is 9.09. The zero-order valence-electron chi connectivity index (χ0n) is 15.5. The van der Waals surface area contributed by atoms with Gasteiger partial charge in [-0.3, -0.25) is 4.79 Å². The number of allylic oxidation sites excluding steroid dienone is 7. The van der Waals surface area contributed by atoms with Crippen molar-refractivity contribution in [3.05, 3.63) is 58.4 Å². The van der Waals surface area contributed by atoms with E-state index < -0.39 is 0 Å². The zero-order valence-corrected chi connectivity index (χ0v) is 15.5. The van der Waals surface area contributed by atoms with Crippen LogP contribution in [0.1, 0.15) is 53.4 Å². The van der Waals surface area contributed by atoms with Crippen molar-refractivity contribution in [2.45, 2.75) is 59.5 Å². The Kier molecular flexibility index (Phi) is 5.16. The quantitative estimate of drug-likeness (QED) is 0.758. The van der Waals surface area contributed by atoms with Gasteiger partial charge in [0.05, 0.1) is 5.76 Å². The first-order chi connectivity index (χ1) is 12.0. The molecule has 25 heavy (non-hydrogen) atoms. The third kappa shape index (κ3) is 4.25. The van der Waals surface area contributed by atoms with E-state index in [1.165, 1.54) is 5.57 Å². The summed E-state index contributed by atoms with van der Waals surface area (Å²) in [5, 5.41) is 2.92. The second kappa shape index (κ2) is 7.34. The van der Waals surface area contributed by atoms with Crippen LogP contribution in [-0.4, -0.2) is 12.0 Å². The predicted molar refractivity (Wildman–Crippen MR) is 98.1 cm³/mol. The fraction of sp³-hybridized carbons (Fsp3) is 0.476. The van der Waals surface area contributed by atoms with Gasteiger partial charge in [-0.15, -0.1) is 0 Å². The molecule has 0 aromatic carbocycles. The van der Waals surface area contributed by atoms with Crippen LogP contribution in [0, 0.1) is 5.92 Å². The number of hydrogen-bond acceptors (Lipinski definition) is 3. The predicted octanol–water partition coefficient (Wildman–Crippen LogP) is 4.63. The molecule has 1 saturated carbocycles. The smallest absolute Gasteiger partial charge is 0.224 e. The van der Waals surface area contributed by atoms with E-state index >= 15 is 0 Å². The van der Waals surface area contributed by atoms with Gasteiger partial charge in [-0.05, 0) is 64.3 Å². The molecule has 134 valence electrons. The first kappa shape index (κ1) is 17.6. The molecule has 4 heteroatoms. The maximum Gasteiger partial charge on any atom is 0.224 e. The Bertz CT molecular complexity index is 721. The van der Waals surface area contributed by atoms with Gasteiger partial charge in [0.2, 0.25) is 5.91 Å². The summed E-state index contributed by atoms with van der Waals surface area (Å²) in [7, 11) is 0. The van der Waals surface area contributed by atoms with Crippen LogP contribution in [0.3, 0.4) is 0 Å². The molecule has 1 aliphatic carbocycles. The molecular weight excluding hydrogens is 314 g/mol. The van der Waals surface area contributed by atoms with Crippen molar-refractivity contribution in [3.8, 4) is 0 Å². The Hall–Kier alpha value is -2.23. The fourth-order valence-corrected chi connectivity index (χ4v) is 3.32. The third-order valence-corrected chi connectivity index (χ3v) is 4.80. The number of ether oxygens (including phenoxy) is 2. The molecule has 0 aromatic rings. The normalized spacial score (nSPS) is 33.0. The van der Waals surface area contributed by atoms with Crippen LogP contribution >= 0.6 is 0 Å². The van der Waals surface area contributed by atoms with Gasteiger partial charge in [0, 0.05) is 23.6 Å². The van der Waals surface area contributed by atoms with Gasteiger partial charge >= 0.3 is 0 Å². The van der Waals surface area contributed by atoms with Gasteiger partial charge in [0.25, 0.3) is 0 Å². The van der Waals surface area contributed by atoms with Crippen LogP contribution in [0.15, 0.2) is 58.4 Å². The number of carbonyl (C=O) groups excluding carboxylic acids is 1. The van der Waals surface area contributed by atoms with E-state index in [0.717, 1.165) is 41.4 Å². The molecular formula is C21H27NO3. The first-order valence-corrected chi connectivity index (χ1v) is 9.09. The van der Waals surface area contributed by atoms with Crippen LogP contribution < -0.4 is 5.32 Å². The van der Waals surface area contributed by atoms with Gasteiger partial charge < -0.3 is 14.8 Å². The minimum atomic E-state index is 0.0741. The van der Waals surface area contributed by atoms with Crippen LogP contribution in [0.2, 0.25) is 0 Å². The lowest BCUT2D eigenvalue weighted by Gasteiger charge is -2.21. The number of hydrogen-bond donors (Lipinski definition) is 1. The topological polar surface area (TPSA) is 47.6 Å². The molecule has 4 nitrogen and oxygen atoms in total. The van der Waals surface area contributed by atoms with E-state index in [0.29, 0.717) is 24.9 Å². The summed E-state index contributed by atoms with van der Waals surface area (Å²) in [6, 6.07) is 0. The number of carbonyl (C=O) groups is 1. The molecule has 2 heterocycles. The molecule has 1 fully saturated rings. The highest BCUT2D eigenvalue weighted by atomic mass is 16.5. The molecule has 1 N–H and O–H groups in total. The van der Waals surface area contributed by atoms with Crippen LogP contribution in [0.25, 0.3) is 0 Å². The van der Waals surface area contributed by atoms with E-state index in [1.54, 1.807) is 0 Å². The monoisotopic (exact) mass is 341 g/mol. The second-order valence-electron chi connectivity index (χ2n) is 6.96. The molecule has 2 atom stereocenters. The third-order valence-electron chi connectivity index (χ3n) is 4.80. The number of rotatable bonds is 4. The molecule has 0 aromatic heterocycles. The Morgan fingerprint density at radius 3 is 2.84 bits per heavy atom. The largest absolute Gasteiger partial charge is 0.494 e. The minimum absolute atomic E-state index is 0.0741. The van der Waals surface area contributed by atoms with Crippen LogP contribution in [0.4, 0.5) is 0 Å². The molecule has 0 saturated heterocycles. The molecule has 3 aliphatic rings. The summed E-state index contributed by atoms with van der Waals surface area (Å²) in [5.74, 6) is 3.13. The van der Waals surface area contributed by atoms with E-state index in [-0.39, 0.29) is 5.91 Å². The molecule has 0 bridgehead atoms. The highest BCUT2D eigenvalue weighted by Gasteiger charge is 2.41. The Morgan fingerprint density at radius 2 is 2.12 bits per heavy atom. The van der Waals surface area contributed by atoms with Crippen molar-refractivity contribution in [3.63, 3.8) is 0 Å². The SMILES string of the molecule is CC/C=C(/OC1=C/C=C(\C)O[C@@H]2C[C@@H]2\C(C)=C\1)C1=C(C)NC(=O)CC1. The lowest BCUT2D eigenvalue weighted by atomic mass is 10.0. The van der Waals surface area contributed by atoms with Crippen molar-refractivity contribution in [2.24, 2.45) is 5.92 Å².